The van der Waals surface area contributed by atoms with Crippen molar-refractivity contribution in [3.63, 3.8) is 0 Å². The van der Waals surface area contributed by atoms with Crippen LogP contribution < -0.4 is 51.3 Å². The van der Waals surface area contributed by atoms with Gasteiger partial charge in [0, 0.05) is 54.9 Å². The molecule has 5 aromatic heterocycles. The van der Waals surface area contributed by atoms with Crippen LogP contribution in [0.1, 0.15) is 133 Å². The monoisotopic (exact) mass is 1850 g/mol. The zero-order valence-corrected chi connectivity index (χ0v) is 75.5. The fourth-order valence-electron chi connectivity index (χ4n) is 14.9. The van der Waals surface area contributed by atoms with Gasteiger partial charge >= 0.3 is 21.1 Å². The molecule has 41 heteroatoms. The number of imidazole rings is 2. The van der Waals surface area contributed by atoms with Gasteiger partial charge in [-0.05, 0) is 118 Å². The van der Waals surface area contributed by atoms with Gasteiger partial charge in [0.25, 0.3) is 25.6 Å². The number of nitrogens with one attached hydrogen (secondary N) is 5. The molecule has 0 bridgehead atoms. The molecule has 3 aliphatic rings. The fourth-order valence-corrected chi connectivity index (χ4v) is 20.5. The van der Waals surface area contributed by atoms with Crippen LogP contribution in [0.3, 0.4) is 0 Å². The Balaban J connectivity index is 0.852. The number of para-hydroxylation sites is 2. The lowest BCUT2D eigenvalue weighted by atomic mass is 9.80. The van der Waals surface area contributed by atoms with E-state index in [1.54, 1.807) is 121 Å². The van der Waals surface area contributed by atoms with E-state index in [0.717, 1.165) is 0 Å². The number of carbonyl (C=O) groups is 3. The van der Waals surface area contributed by atoms with E-state index in [0.29, 0.717) is 33.8 Å². The molecule has 0 aliphatic carbocycles. The zero-order chi connectivity index (χ0) is 90.7. The standard InChI is InChI=1S/C87H96Cl2N15O21P3/c1-51(2)79(105)97-84-95-77-75(82(108)99-84)91-49-102(77)73-44-66(121-126(116-42-21-40-90)104(53(5)6)54(7)8)65(118-73)39-43-127(111,122-63-28-19-17-26-61(63)88)123-67-45-74(103-50-92-76-78(103)96-85(100-83(76)109)98-80(106)52(3)4)120-70(67)48-117-128(112,124-64-29-20-18-27-62(64)89)125-68-46-72(101-41-38-71(94-86(101)110)93-81(107)55-22-13-11-14-23-55)119-69(68)47-115-87(56-24-15-12-16-25-56,57-30-34-59(113-9)35-31-57)58-32-36-60(114-10)37-33-58/h11-20,22-38,41,49-54,65-70,72-74H,21,39,42-48H2,1-10H3,(H,93,94,107,110)(H2,95,97,99,105,108)(H2,96,98,100,106,109)/t65-,66+,67+,68+,69-,70-,72-,73-,74-,126?,127?,128?/m1/s1. The molecular weight excluding hydrogens is 1750 g/mol. The number of phosphoric acid groups is 1. The maximum Gasteiger partial charge on any atom is 0.530 e. The van der Waals surface area contributed by atoms with Gasteiger partial charge < -0.3 is 51.8 Å². The summed E-state index contributed by atoms with van der Waals surface area (Å²) < 4.78 is 127. The Morgan fingerprint density at radius 2 is 1.08 bits per heavy atom. The van der Waals surface area contributed by atoms with Gasteiger partial charge in [-0.25, -0.2) is 28.6 Å². The topological polar surface area (TPSA) is 430 Å². The second kappa shape index (κ2) is 41.2. The van der Waals surface area contributed by atoms with Crippen LogP contribution in [0, 0.1) is 23.2 Å². The molecule has 3 aliphatic heterocycles. The van der Waals surface area contributed by atoms with Crippen molar-refractivity contribution in [2.75, 3.05) is 56.2 Å². The number of carbonyl (C=O) groups excluding carboxylic acids is 3. The summed E-state index contributed by atoms with van der Waals surface area (Å²) in [6.07, 6.45) is -8.72. The summed E-state index contributed by atoms with van der Waals surface area (Å²) in [5.74, 6) is -2.11. The predicted molar refractivity (Wildman–Crippen MR) is 475 cm³/mol. The Labute approximate surface area is 746 Å². The minimum atomic E-state index is -5.35. The molecule has 36 nitrogen and oxygen atoms in total. The number of fused-ring (bicyclic) bond motifs is 2. The Morgan fingerprint density at radius 3 is 1.59 bits per heavy atom. The van der Waals surface area contributed by atoms with Gasteiger partial charge in [0.1, 0.15) is 77.5 Å². The Bertz CT molecular complexity index is 6030. The summed E-state index contributed by atoms with van der Waals surface area (Å²) in [6, 6.07) is 47.8. The quantitative estimate of drug-likeness (QED) is 0.0136. The van der Waals surface area contributed by atoms with Crippen LogP contribution in [0.15, 0.2) is 197 Å². The van der Waals surface area contributed by atoms with E-state index >= 15 is 9.13 Å². The van der Waals surface area contributed by atoms with Gasteiger partial charge in [0.15, 0.2) is 22.3 Å². The van der Waals surface area contributed by atoms with Crippen LogP contribution in [0.5, 0.6) is 23.0 Å². The second-order valence-corrected chi connectivity index (χ2v) is 37.2. The van der Waals surface area contributed by atoms with E-state index in [9.17, 15) is 34.0 Å². The fraction of sp³-hybridized carbons (Fsp3) is 0.379. The predicted octanol–water partition coefficient (Wildman–Crippen LogP) is 15.4. The lowest BCUT2D eigenvalue weighted by molar-refractivity contribution is -0.119. The molecule has 128 heavy (non-hydrogen) atoms. The number of H-pyrrole nitrogens is 2. The molecule has 11 aromatic rings. The molecule has 3 amide bonds. The van der Waals surface area contributed by atoms with Crippen molar-refractivity contribution in [3.05, 3.63) is 246 Å². The minimum Gasteiger partial charge on any atom is -0.497 e. The average Bonchev–Trinajstić information content (AvgIpc) is 1.30. The van der Waals surface area contributed by atoms with Crippen molar-refractivity contribution in [1.82, 2.24) is 53.3 Å². The van der Waals surface area contributed by atoms with Gasteiger partial charge in [-0.1, -0.05) is 148 Å². The minimum absolute atomic E-state index is 0.00700. The Hall–Kier alpha value is -10.9. The number of hydrogen-bond donors (Lipinski definition) is 5. The molecule has 8 heterocycles. The van der Waals surface area contributed by atoms with E-state index in [-0.39, 0.29) is 112 Å². The number of nitrogens with zero attached hydrogens (tertiary/aromatic N) is 10. The largest absolute Gasteiger partial charge is 0.530 e. The lowest BCUT2D eigenvalue weighted by Gasteiger charge is -2.37. The molecule has 674 valence electrons. The van der Waals surface area contributed by atoms with E-state index < -0.39 is 151 Å². The summed E-state index contributed by atoms with van der Waals surface area (Å²) in [5.41, 5.74) is -1.89. The number of aromatic nitrogens is 10. The first-order valence-corrected chi connectivity index (χ1v) is 46.4. The van der Waals surface area contributed by atoms with E-state index in [4.69, 9.17) is 83.3 Å². The van der Waals surface area contributed by atoms with E-state index in [1.165, 1.54) is 62.9 Å². The van der Waals surface area contributed by atoms with Crippen LogP contribution in [0.4, 0.5) is 17.7 Å². The first kappa shape index (κ1) is 93.2. The van der Waals surface area contributed by atoms with Crippen LogP contribution in [-0.2, 0) is 65.9 Å². The highest BCUT2D eigenvalue weighted by atomic mass is 35.5. The highest BCUT2D eigenvalue weighted by Gasteiger charge is 2.51. The lowest BCUT2D eigenvalue weighted by Crippen LogP contribution is -2.38. The highest BCUT2D eigenvalue weighted by molar-refractivity contribution is 7.54. The summed E-state index contributed by atoms with van der Waals surface area (Å²) in [7, 11) is -9.11. The van der Waals surface area contributed by atoms with Crippen molar-refractivity contribution in [2.45, 2.75) is 160 Å². The number of methoxy groups -OCH3 is 2. The summed E-state index contributed by atoms with van der Waals surface area (Å²) in [6.45, 7) is 13.3. The van der Waals surface area contributed by atoms with Crippen LogP contribution in [0.25, 0.3) is 22.3 Å². The van der Waals surface area contributed by atoms with Gasteiger partial charge in [0.05, 0.1) is 87.6 Å². The number of benzene rings is 6. The third-order valence-corrected chi connectivity index (χ3v) is 27.3. The first-order valence-electron chi connectivity index (χ1n) is 41.3. The molecule has 0 radical (unpaired) electrons. The number of halogens is 2. The Kier molecular flexibility index (Phi) is 30.0. The van der Waals surface area contributed by atoms with Crippen LogP contribution in [0.2, 0.25) is 10.0 Å². The van der Waals surface area contributed by atoms with Gasteiger partial charge in [-0.2, -0.15) is 20.2 Å². The first-order chi connectivity index (χ1) is 61.5. The molecule has 0 saturated carbocycles. The summed E-state index contributed by atoms with van der Waals surface area (Å²) in [5, 5.41) is 17.7. The molecule has 6 aromatic carbocycles. The number of nitriles is 1. The van der Waals surface area contributed by atoms with Crippen molar-refractivity contribution in [2.24, 2.45) is 11.8 Å². The normalized spacial score (nSPS) is 20.0. The van der Waals surface area contributed by atoms with Crippen LogP contribution in [-0.4, -0.2) is 160 Å². The van der Waals surface area contributed by atoms with Crippen molar-refractivity contribution >= 4 is 105 Å². The van der Waals surface area contributed by atoms with Crippen molar-refractivity contribution in [3.8, 4) is 29.1 Å². The SMILES string of the molecule is COc1ccc(C(OC[C@H]2O[C@@H](n3ccc(NC(=O)c4ccccc4)nc3=O)C[C@@H]2OP(=O)(OC[C@H]2O[C@@H](n3cnc4c(=O)[nH]c(NC(=O)C(C)C)nc43)C[C@@H]2OP(=O)(CC[C@H]2O[C@@H](n3cnc4c(=O)[nH]c(NC(=O)C(C)C)nc43)C[C@@H]2OP(OCCC#N)N(C(C)C)C(C)C)Oc2ccccc2Cl)Oc2ccccc2Cl)(c2ccccc2)c2ccc(OC)cc2)cc1. The second-order valence-electron chi connectivity index (χ2n) is 31.4. The number of rotatable bonds is 39. The van der Waals surface area contributed by atoms with Crippen molar-refractivity contribution < 1.29 is 83.6 Å². The van der Waals surface area contributed by atoms with E-state index in [2.05, 4.69) is 56.9 Å². The summed E-state index contributed by atoms with van der Waals surface area (Å²) in [4.78, 5) is 109. The maximum atomic E-state index is 16.9. The molecule has 0 spiro atoms. The van der Waals surface area contributed by atoms with Crippen LogP contribution >= 0.6 is 47.1 Å². The molecular formula is C87H96Cl2N15O21P3. The average molecular weight is 1850 g/mol. The number of hydrogen-bond acceptors (Lipinski definition) is 28. The number of amides is 3. The number of anilines is 3. The number of ether oxygens (including phenoxy) is 6. The molecule has 12 atom stereocenters. The molecule has 3 unspecified atom stereocenters. The third-order valence-electron chi connectivity index (χ3n) is 21.3. The van der Waals surface area contributed by atoms with Gasteiger partial charge in [-0.3, -0.25) is 71.8 Å². The molecule has 14 rings (SSSR count). The smallest absolute Gasteiger partial charge is 0.497 e. The maximum absolute atomic E-state index is 16.9. The Morgan fingerprint density at radius 1 is 0.594 bits per heavy atom. The van der Waals surface area contributed by atoms with Crippen molar-refractivity contribution in [1.29, 1.82) is 5.26 Å². The van der Waals surface area contributed by atoms with E-state index in [1.807, 2.05) is 87.0 Å². The molecule has 3 fully saturated rings. The summed E-state index contributed by atoms with van der Waals surface area (Å²) >= 11 is 13.9. The number of aromatic amines is 2. The molecule has 5 N–H and O–H groups in total. The number of phosphoric ester groups is 1. The van der Waals surface area contributed by atoms with Gasteiger partial charge in [-0.15, -0.1) is 0 Å². The van der Waals surface area contributed by atoms with Gasteiger partial charge in [0.2, 0.25) is 23.7 Å². The highest BCUT2D eigenvalue weighted by Crippen LogP contribution is 2.59. The zero-order valence-electron chi connectivity index (χ0n) is 71.3. The third kappa shape index (κ3) is 21.6. The molecule has 3 saturated heterocycles.